The van der Waals surface area contributed by atoms with Gasteiger partial charge in [-0.05, 0) is 55.1 Å². The van der Waals surface area contributed by atoms with E-state index < -0.39 is 0 Å². The van der Waals surface area contributed by atoms with Gasteiger partial charge in [0.15, 0.2) is 11.0 Å². The summed E-state index contributed by atoms with van der Waals surface area (Å²) in [5, 5.41) is 23.8. The number of benzene rings is 2. The first-order valence-corrected chi connectivity index (χ1v) is 9.89. The van der Waals surface area contributed by atoms with Crippen molar-refractivity contribution in [1.82, 2.24) is 20.2 Å². The van der Waals surface area contributed by atoms with Crippen molar-refractivity contribution in [3.8, 4) is 0 Å². The van der Waals surface area contributed by atoms with Crippen LogP contribution in [0.15, 0.2) is 58.6 Å². The summed E-state index contributed by atoms with van der Waals surface area (Å²) in [5.41, 5.74) is 4.87. The molecule has 9 nitrogen and oxygen atoms in total. The highest BCUT2D eigenvalue weighted by atomic mass is 32.2. The molecule has 0 aliphatic rings. The van der Waals surface area contributed by atoms with E-state index in [9.17, 15) is 10.0 Å². The number of carbonyl (C=O) groups excluding carboxylic acids is 1. The largest absolute Gasteiger partial charge is 0.326 e. The van der Waals surface area contributed by atoms with Crippen LogP contribution >= 0.6 is 11.8 Å². The predicted octanol–water partition coefficient (Wildman–Crippen LogP) is 4.32. The predicted molar refractivity (Wildman–Crippen MR) is 116 cm³/mol. The van der Waals surface area contributed by atoms with Crippen LogP contribution in [0, 0.1) is 6.92 Å². The Morgan fingerprint density at radius 3 is 2.60 bits per heavy atom. The van der Waals surface area contributed by atoms with E-state index in [0.717, 1.165) is 16.0 Å². The second-order valence-corrected chi connectivity index (χ2v) is 7.58. The first kappa shape index (κ1) is 19.7. The molecule has 0 aliphatic carbocycles. The van der Waals surface area contributed by atoms with E-state index in [1.54, 1.807) is 12.1 Å². The van der Waals surface area contributed by atoms with Gasteiger partial charge in [-0.25, -0.2) is 9.97 Å². The monoisotopic (exact) mass is 421 g/mol. The van der Waals surface area contributed by atoms with E-state index in [4.69, 9.17) is 0 Å². The van der Waals surface area contributed by atoms with Gasteiger partial charge >= 0.3 is 0 Å². The standard InChI is InChI=1S/C20H19N7O2S/c1-11-10-17(26-25-11)22-19-15-4-3-5-16(27-29)18(15)23-20(24-19)30-14-8-6-13(7-9-14)21-12(2)28/h3-10,27,29H,1-2H3,(H,21,28)(H2,22,23,24,25,26). The zero-order chi connectivity index (χ0) is 21.1. The van der Waals surface area contributed by atoms with Gasteiger partial charge in [0.2, 0.25) is 5.91 Å². The number of hydrogen-bond donors (Lipinski definition) is 5. The number of fused-ring (bicyclic) bond motifs is 1. The summed E-state index contributed by atoms with van der Waals surface area (Å²) < 4.78 is 0. The lowest BCUT2D eigenvalue weighted by atomic mass is 10.2. The Hall–Kier alpha value is -3.63. The molecule has 152 valence electrons. The quantitative estimate of drug-likeness (QED) is 0.230. The molecule has 0 saturated carbocycles. The third-order valence-corrected chi connectivity index (χ3v) is 5.04. The van der Waals surface area contributed by atoms with E-state index in [2.05, 4.69) is 36.3 Å². The van der Waals surface area contributed by atoms with E-state index in [-0.39, 0.29) is 5.91 Å². The van der Waals surface area contributed by atoms with Gasteiger partial charge < -0.3 is 10.6 Å². The second kappa shape index (κ2) is 8.39. The maximum absolute atomic E-state index is 11.2. The normalized spacial score (nSPS) is 10.8. The van der Waals surface area contributed by atoms with Crippen molar-refractivity contribution in [2.24, 2.45) is 0 Å². The lowest BCUT2D eigenvalue weighted by Gasteiger charge is -2.11. The Bertz CT molecular complexity index is 1210. The molecule has 1 amide bonds. The summed E-state index contributed by atoms with van der Waals surface area (Å²) >= 11 is 1.37. The molecule has 0 saturated heterocycles. The molecule has 0 radical (unpaired) electrons. The summed E-state index contributed by atoms with van der Waals surface area (Å²) in [6.07, 6.45) is 0. The third-order valence-electron chi connectivity index (χ3n) is 4.16. The van der Waals surface area contributed by atoms with Crippen LogP contribution in [0.3, 0.4) is 0 Å². The first-order chi connectivity index (χ1) is 14.5. The molecule has 30 heavy (non-hydrogen) atoms. The van der Waals surface area contributed by atoms with Crippen LogP contribution in [0.1, 0.15) is 12.6 Å². The molecule has 10 heteroatoms. The van der Waals surface area contributed by atoms with Crippen molar-refractivity contribution in [3.63, 3.8) is 0 Å². The fourth-order valence-corrected chi connectivity index (χ4v) is 3.64. The molecule has 2 heterocycles. The second-order valence-electron chi connectivity index (χ2n) is 6.54. The van der Waals surface area contributed by atoms with Crippen molar-refractivity contribution in [1.29, 1.82) is 0 Å². The van der Waals surface area contributed by atoms with Crippen LogP contribution < -0.4 is 16.1 Å². The Balaban J connectivity index is 1.71. The van der Waals surface area contributed by atoms with Crippen molar-refractivity contribution >= 4 is 51.6 Å². The van der Waals surface area contributed by atoms with Crippen LogP contribution in [-0.4, -0.2) is 31.3 Å². The van der Waals surface area contributed by atoms with Gasteiger partial charge in [0.25, 0.3) is 0 Å². The topological polar surface area (TPSA) is 128 Å². The minimum absolute atomic E-state index is 0.124. The molecule has 5 N–H and O–H groups in total. The smallest absolute Gasteiger partial charge is 0.221 e. The number of aryl methyl sites for hydroxylation is 1. The van der Waals surface area contributed by atoms with Crippen LogP contribution in [-0.2, 0) is 4.79 Å². The number of nitrogens with one attached hydrogen (secondary N) is 4. The van der Waals surface area contributed by atoms with E-state index >= 15 is 0 Å². The summed E-state index contributed by atoms with van der Waals surface area (Å²) in [5.74, 6) is 1.08. The number of aromatic amines is 1. The molecular weight excluding hydrogens is 402 g/mol. The average Bonchev–Trinajstić information content (AvgIpc) is 3.13. The molecule has 0 unspecified atom stereocenters. The lowest BCUT2D eigenvalue weighted by Crippen LogP contribution is -2.05. The number of aromatic nitrogens is 4. The zero-order valence-electron chi connectivity index (χ0n) is 16.2. The molecular formula is C20H19N7O2S. The third kappa shape index (κ3) is 4.34. The fraction of sp³-hybridized carbons (Fsp3) is 0.100. The summed E-state index contributed by atoms with van der Waals surface area (Å²) in [7, 11) is 0. The summed E-state index contributed by atoms with van der Waals surface area (Å²) in [4.78, 5) is 21.4. The number of hydrogen-bond acceptors (Lipinski definition) is 8. The van der Waals surface area contributed by atoms with Crippen LogP contribution in [0.25, 0.3) is 10.9 Å². The highest BCUT2D eigenvalue weighted by molar-refractivity contribution is 7.99. The number of para-hydroxylation sites is 1. The molecule has 0 bridgehead atoms. The highest BCUT2D eigenvalue weighted by Gasteiger charge is 2.13. The van der Waals surface area contributed by atoms with Crippen LogP contribution in [0.4, 0.5) is 23.0 Å². The summed E-state index contributed by atoms with van der Waals surface area (Å²) in [6, 6.07) is 14.7. The number of carbonyl (C=O) groups is 1. The van der Waals surface area contributed by atoms with Gasteiger partial charge in [0, 0.05) is 34.7 Å². The van der Waals surface area contributed by atoms with Gasteiger partial charge in [-0.2, -0.15) is 5.10 Å². The highest BCUT2D eigenvalue weighted by Crippen LogP contribution is 2.33. The van der Waals surface area contributed by atoms with Gasteiger partial charge in [0.1, 0.15) is 11.3 Å². The van der Waals surface area contributed by atoms with E-state index in [1.807, 2.05) is 43.3 Å². The van der Waals surface area contributed by atoms with Crippen molar-refractivity contribution in [3.05, 3.63) is 54.2 Å². The zero-order valence-corrected chi connectivity index (χ0v) is 17.0. The maximum Gasteiger partial charge on any atom is 0.221 e. The maximum atomic E-state index is 11.2. The number of amides is 1. The Kier molecular flexibility index (Phi) is 5.50. The minimum Gasteiger partial charge on any atom is -0.326 e. The molecule has 0 fully saturated rings. The molecule has 0 atom stereocenters. The van der Waals surface area contributed by atoms with Gasteiger partial charge in [-0.3, -0.25) is 20.6 Å². The molecule has 0 aliphatic heterocycles. The van der Waals surface area contributed by atoms with E-state index in [1.165, 1.54) is 18.7 Å². The molecule has 4 aromatic rings. The fourth-order valence-electron chi connectivity index (χ4n) is 2.88. The van der Waals surface area contributed by atoms with Gasteiger partial charge in [-0.15, -0.1) is 0 Å². The van der Waals surface area contributed by atoms with Crippen molar-refractivity contribution in [2.45, 2.75) is 23.9 Å². The number of nitrogens with zero attached hydrogens (tertiary/aromatic N) is 3. The summed E-state index contributed by atoms with van der Waals surface area (Å²) in [6.45, 7) is 3.38. The molecule has 2 aromatic heterocycles. The Labute approximate surface area is 176 Å². The van der Waals surface area contributed by atoms with E-state index in [0.29, 0.717) is 33.7 Å². The molecule has 4 rings (SSSR count). The number of H-pyrrole nitrogens is 1. The number of anilines is 4. The number of rotatable bonds is 6. The van der Waals surface area contributed by atoms with Crippen molar-refractivity contribution < 1.29 is 10.0 Å². The average molecular weight is 421 g/mol. The molecule has 2 aromatic carbocycles. The first-order valence-electron chi connectivity index (χ1n) is 9.07. The van der Waals surface area contributed by atoms with Gasteiger partial charge in [0.05, 0.1) is 5.69 Å². The Morgan fingerprint density at radius 2 is 1.93 bits per heavy atom. The Morgan fingerprint density at radius 1 is 1.13 bits per heavy atom. The van der Waals surface area contributed by atoms with Crippen molar-refractivity contribution in [2.75, 3.05) is 16.1 Å². The minimum atomic E-state index is -0.124. The van der Waals surface area contributed by atoms with Gasteiger partial charge in [-0.1, -0.05) is 6.07 Å². The molecule has 0 spiro atoms. The SMILES string of the molecule is CC(=O)Nc1ccc(Sc2nc(Nc3cc(C)[nH]n3)c3cccc(NO)c3n2)cc1. The van der Waals surface area contributed by atoms with Crippen LogP contribution in [0.2, 0.25) is 0 Å². The van der Waals surface area contributed by atoms with Crippen LogP contribution in [0.5, 0.6) is 0 Å². The lowest BCUT2D eigenvalue weighted by molar-refractivity contribution is -0.114.